The molecule has 0 radical (unpaired) electrons. The van der Waals surface area contributed by atoms with Crippen molar-refractivity contribution in [3.63, 3.8) is 0 Å². The fourth-order valence-electron chi connectivity index (χ4n) is 2.60. The molecule has 2 aliphatic rings. The lowest BCUT2D eigenvalue weighted by Crippen LogP contribution is -2.37. The summed E-state index contributed by atoms with van der Waals surface area (Å²) in [5.74, 6) is 1.59. The first-order valence-electron chi connectivity index (χ1n) is 8.02. The summed E-state index contributed by atoms with van der Waals surface area (Å²) < 4.78 is 0. The Labute approximate surface area is 136 Å². The van der Waals surface area contributed by atoms with E-state index in [9.17, 15) is 9.59 Å². The minimum absolute atomic E-state index is 0.0931. The summed E-state index contributed by atoms with van der Waals surface area (Å²) >= 11 is 0. The van der Waals surface area contributed by atoms with Crippen molar-refractivity contribution in [1.29, 1.82) is 0 Å². The van der Waals surface area contributed by atoms with Gasteiger partial charge in [0.15, 0.2) is 0 Å². The molecule has 0 spiro atoms. The molecular formula is C16H25N5O2. The van der Waals surface area contributed by atoms with Crippen LogP contribution in [-0.2, 0) is 9.59 Å². The molecule has 0 aromatic carbocycles. The van der Waals surface area contributed by atoms with Crippen LogP contribution in [0, 0.1) is 10.8 Å². The second-order valence-electron chi connectivity index (χ2n) is 7.36. The fourth-order valence-corrected chi connectivity index (χ4v) is 2.60. The number of anilines is 2. The number of aromatic amines is 1. The number of amides is 2. The predicted molar refractivity (Wildman–Crippen MR) is 88.3 cm³/mol. The van der Waals surface area contributed by atoms with Crippen molar-refractivity contribution < 1.29 is 9.59 Å². The van der Waals surface area contributed by atoms with Crippen molar-refractivity contribution >= 4 is 23.5 Å². The Morgan fingerprint density at radius 2 is 1.26 bits per heavy atom. The van der Waals surface area contributed by atoms with Crippen molar-refractivity contribution in [2.45, 2.75) is 39.5 Å². The monoisotopic (exact) mass is 319 g/mol. The summed E-state index contributed by atoms with van der Waals surface area (Å²) in [5.41, 5.74) is 5.66. The van der Waals surface area contributed by atoms with Crippen molar-refractivity contribution in [3.8, 4) is 0 Å². The van der Waals surface area contributed by atoms with Gasteiger partial charge in [0.25, 0.3) is 0 Å². The minimum Gasteiger partial charge on any atom is -0.326 e. The highest BCUT2D eigenvalue weighted by Gasteiger charge is 2.47. The van der Waals surface area contributed by atoms with Crippen LogP contribution in [0.2, 0.25) is 0 Å². The van der Waals surface area contributed by atoms with Crippen LogP contribution in [0.4, 0.5) is 11.6 Å². The number of hydrogen-bond acceptors (Lipinski definition) is 4. The fraction of sp³-hybridized carbons (Fsp3) is 0.625. The maximum absolute atomic E-state index is 12.2. The molecule has 7 heteroatoms. The average molecular weight is 319 g/mol. The molecule has 2 fully saturated rings. The Kier molecular flexibility index (Phi) is 3.54. The maximum atomic E-state index is 12.2. The molecule has 3 N–H and O–H groups in total. The van der Waals surface area contributed by atoms with E-state index in [2.05, 4.69) is 15.8 Å². The van der Waals surface area contributed by atoms with E-state index in [0.717, 1.165) is 25.7 Å². The van der Waals surface area contributed by atoms with E-state index >= 15 is 0 Å². The van der Waals surface area contributed by atoms with Gasteiger partial charge in [-0.2, -0.15) is 0 Å². The third-order valence-corrected chi connectivity index (χ3v) is 4.90. The Bertz CT molecular complexity index is 578. The normalized spacial score (nSPS) is 19.7. The number of aromatic nitrogens is 1. The number of carbonyl (C=O) groups is 2. The topological polar surface area (TPSA) is 80.5 Å². The van der Waals surface area contributed by atoms with Gasteiger partial charge in [-0.15, -0.1) is 0 Å². The van der Waals surface area contributed by atoms with Crippen molar-refractivity contribution in [3.05, 3.63) is 12.1 Å². The van der Waals surface area contributed by atoms with Crippen LogP contribution < -0.4 is 10.9 Å². The lowest BCUT2D eigenvalue weighted by molar-refractivity contribution is -0.134. The zero-order chi connectivity index (χ0) is 16.8. The first-order chi connectivity index (χ1) is 10.7. The van der Waals surface area contributed by atoms with Crippen LogP contribution in [0.15, 0.2) is 12.1 Å². The van der Waals surface area contributed by atoms with Crippen molar-refractivity contribution in [1.82, 2.24) is 15.0 Å². The SMILES string of the molecule is CN(Nc1ccc(NN(C)C(=O)C2(C)CC2)[nH]1)C(=O)C1(C)CC1. The van der Waals surface area contributed by atoms with Gasteiger partial charge >= 0.3 is 0 Å². The van der Waals surface area contributed by atoms with E-state index < -0.39 is 0 Å². The van der Waals surface area contributed by atoms with Crippen LogP contribution >= 0.6 is 0 Å². The molecule has 1 aromatic rings. The molecule has 0 atom stereocenters. The van der Waals surface area contributed by atoms with Gasteiger partial charge in [-0.05, 0) is 37.8 Å². The van der Waals surface area contributed by atoms with Crippen molar-refractivity contribution in [2.24, 2.45) is 10.8 Å². The largest absolute Gasteiger partial charge is 0.326 e. The molecule has 1 heterocycles. The molecule has 0 unspecified atom stereocenters. The third kappa shape index (κ3) is 3.13. The Balaban J connectivity index is 1.55. The van der Waals surface area contributed by atoms with Crippen LogP contribution in [0.1, 0.15) is 39.5 Å². The third-order valence-electron chi connectivity index (χ3n) is 4.90. The molecule has 23 heavy (non-hydrogen) atoms. The smallest absolute Gasteiger partial charge is 0.246 e. The number of nitrogens with zero attached hydrogens (tertiary/aromatic N) is 2. The molecule has 0 saturated heterocycles. The quantitative estimate of drug-likeness (QED) is 0.702. The lowest BCUT2D eigenvalue weighted by Gasteiger charge is -2.23. The summed E-state index contributed by atoms with van der Waals surface area (Å²) in [6.45, 7) is 3.96. The lowest BCUT2D eigenvalue weighted by atomic mass is 10.1. The minimum atomic E-state index is -0.207. The molecule has 2 amide bonds. The Morgan fingerprint density at radius 1 is 0.913 bits per heavy atom. The second kappa shape index (κ2) is 5.18. The number of nitrogens with one attached hydrogen (secondary N) is 3. The summed E-state index contributed by atoms with van der Waals surface area (Å²) in [4.78, 5) is 27.5. The average Bonchev–Trinajstić information content (AvgIpc) is 3.40. The zero-order valence-electron chi connectivity index (χ0n) is 14.2. The number of hydrazine groups is 2. The predicted octanol–water partition coefficient (Wildman–Crippen LogP) is 2.19. The number of rotatable bonds is 6. The molecule has 126 valence electrons. The van der Waals surface area contributed by atoms with E-state index in [0.29, 0.717) is 11.6 Å². The summed E-state index contributed by atoms with van der Waals surface area (Å²) in [7, 11) is 3.45. The van der Waals surface area contributed by atoms with Gasteiger partial charge in [-0.3, -0.25) is 30.5 Å². The van der Waals surface area contributed by atoms with Gasteiger partial charge in [0.05, 0.1) is 0 Å². The molecule has 3 rings (SSSR count). The standard InChI is InChI=1S/C16H25N5O2/c1-15(7-8-15)13(22)20(3)18-11-5-6-12(17-11)19-21(4)14(23)16(2)9-10-16/h5-6,17-19H,7-10H2,1-4H3. The molecule has 0 aliphatic heterocycles. The first-order valence-corrected chi connectivity index (χ1v) is 8.02. The number of hydrogen-bond donors (Lipinski definition) is 3. The van der Waals surface area contributed by atoms with Crippen LogP contribution in [-0.4, -0.2) is 40.9 Å². The van der Waals surface area contributed by atoms with Gasteiger partial charge in [0, 0.05) is 24.9 Å². The van der Waals surface area contributed by atoms with Gasteiger partial charge in [0.2, 0.25) is 11.8 Å². The van der Waals surface area contributed by atoms with Gasteiger partial charge in [0.1, 0.15) is 11.6 Å². The summed E-state index contributed by atoms with van der Waals surface area (Å²) in [6.07, 6.45) is 3.78. The Morgan fingerprint density at radius 3 is 1.57 bits per heavy atom. The van der Waals surface area contributed by atoms with Gasteiger partial charge in [-0.1, -0.05) is 13.8 Å². The summed E-state index contributed by atoms with van der Waals surface area (Å²) in [6, 6.07) is 3.66. The van der Waals surface area contributed by atoms with Crippen LogP contribution in [0.5, 0.6) is 0 Å². The van der Waals surface area contributed by atoms with Crippen LogP contribution in [0.3, 0.4) is 0 Å². The second-order valence-corrected chi connectivity index (χ2v) is 7.36. The molecule has 0 bridgehead atoms. The Hall–Kier alpha value is -2.18. The number of H-pyrrole nitrogens is 1. The zero-order valence-corrected chi connectivity index (χ0v) is 14.2. The molecular weight excluding hydrogens is 294 g/mol. The van der Waals surface area contributed by atoms with E-state index in [1.165, 1.54) is 10.0 Å². The van der Waals surface area contributed by atoms with E-state index in [4.69, 9.17) is 0 Å². The molecule has 1 aromatic heterocycles. The highest BCUT2D eigenvalue weighted by Crippen LogP contribution is 2.47. The summed E-state index contributed by atoms with van der Waals surface area (Å²) in [5, 5.41) is 3.03. The highest BCUT2D eigenvalue weighted by molar-refractivity contribution is 5.86. The van der Waals surface area contributed by atoms with Crippen molar-refractivity contribution in [2.75, 3.05) is 24.9 Å². The number of carbonyl (C=O) groups excluding carboxylic acids is 2. The van der Waals surface area contributed by atoms with E-state index in [1.54, 1.807) is 14.1 Å². The van der Waals surface area contributed by atoms with E-state index in [1.807, 2.05) is 26.0 Å². The molecule has 2 aliphatic carbocycles. The molecule has 2 saturated carbocycles. The first kappa shape index (κ1) is 15.7. The van der Waals surface area contributed by atoms with E-state index in [-0.39, 0.29) is 22.6 Å². The van der Waals surface area contributed by atoms with Gasteiger partial charge < -0.3 is 4.98 Å². The highest BCUT2D eigenvalue weighted by atomic mass is 16.2. The van der Waals surface area contributed by atoms with Crippen LogP contribution in [0.25, 0.3) is 0 Å². The maximum Gasteiger partial charge on any atom is 0.246 e. The van der Waals surface area contributed by atoms with Gasteiger partial charge in [-0.25, -0.2) is 0 Å². The molecule has 7 nitrogen and oxygen atoms in total.